The van der Waals surface area contributed by atoms with Gasteiger partial charge in [0.25, 0.3) is 0 Å². The number of aryl methyl sites for hydroxylation is 1. The number of ether oxygens (including phenoxy) is 1. The monoisotopic (exact) mass is 267 g/mol. The first-order chi connectivity index (χ1) is 9.08. The van der Waals surface area contributed by atoms with Crippen LogP contribution in [0.2, 0.25) is 0 Å². The number of nitrogens with zero attached hydrogens (tertiary/aromatic N) is 2. The lowest BCUT2D eigenvalue weighted by Crippen LogP contribution is -2.39. The third-order valence-electron chi connectivity index (χ3n) is 2.55. The van der Waals surface area contributed by atoms with Gasteiger partial charge in [0.15, 0.2) is 0 Å². The molecule has 0 radical (unpaired) electrons. The molecule has 3 N–H and O–H groups in total. The summed E-state index contributed by atoms with van der Waals surface area (Å²) >= 11 is 0. The van der Waals surface area contributed by atoms with Crippen LogP contribution >= 0.6 is 0 Å². The summed E-state index contributed by atoms with van der Waals surface area (Å²) in [5, 5.41) is 8.69. The molecule has 0 spiro atoms. The molecule has 19 heavy (non-hydrogen) atoms. The topological polar surface area (TPSA) is 88.2 Å². The maximum Gasteiger partial charge on any atom is 0.242 e. The van der Waals surface area contributed by atoms with Crippen molar-refractivity contribution in [2.45, 2.75) is 19.9 Å². The van der Waals surface area contributed by atoms with E-state index in [1.54, 1.807) is 27.3 Å². The van der Waals surface area contributed by atoms with Gasteiger partial charge in [0.2, 0.25) is 11.9 Å². The van der Waals surface area contributed by atoms with Crippen LogP contribution in [0.1, 0.15) is 12.5 Å². The maximum atomic E-state index is 11.8. The van der Waals surface area contributed by atoms with E-state index in [0.29, 0.717) is 24.9 Å². The standard InChI is InChI=1S/C12H21N5O2/c1-8-7-15-12(13-3)17-10(8)16-9(2)11(18)14-5-6-19-4/h7,9H,5-6H2,1-4H3,(H,14,18)(H2,13,15,16,17). The molecule has 1 aromatic heterocycles. The highest BCUT2D eigenvalue weighted by Gasteiger charge is 2.14. The van der Waals surface area contributed by atoms with Gasteiger partial charge in [-0.05, 0) is 13.8 Å². The van der Waals surface area contributed by atoms with Crippen molar-refractivity contribution in [3.05, 3.63) is 11.8 Å². The van der Waals surface area contributed by atoms with Gasteiger partial charge in [-0.3, -0.25) is 4.79 Å². The van der Waals surface area contributed by atoms with E-state index in [1.165, 1.54) is 0 Å². The molecule has 0 saturated heterocycles. The predicted molar refractivity (Wildman–Crippen MR) is 74.3 cm³/mol. The van der Waals surface area contributed by atoms with E-state index >= 15 is 0 Å². The van der Waals surface area contributed by atoms with Crippen LogP contribution in [-0.4, -0.2) is 49.2 Å². The minimum atomic E-state index is -0.379. The first-order valence-electron chi connectivity index (χ1n) is 6.13. The van der Waals surface area contributed by atoms with Crippen LogP contribution in [0.4, 0.5) is 11.8 Å². The molecule has 1 aromatic rings. The zero-order valence-electron chi connectivity index (χ0n) is 11.8. The normalized spacial score (nSPS) is 11.8. The molecule has 0 aliphatic carbocycles. The highest BCUT2D eigenvalue weighted by Crippen LogP contribution is 2.13. The van der Waals surface area contributed by atoms with Crippen molar-refractivity contribution < 1.29 is 9.53 Å². The first kappa shape index (κ1) is 15.2. The quantitative estimate of drug-likeness (QED) is 0.619. The second-order valence-electron chi connectivity index (χ2n) is 4.13. The van der Waals surface area contributed by atoms with Gasteiger partial charge in [0.1, 0.15) is 11.9 Å². The lowest BCUT2D eigenvalue weighted by atomic mass is 10.2. The number of rotatable bonds is 7. The number of hydrogen-bond donors (Lipinski definition) is 3. The number of amides is 1. The molecule has 0 aliphatic heterocycles. The van der Waals surface area contributed by atoms with Gasteiger partial charge in [0.05, 0.1) is 6.61 Å². The van der Waals surface area contributed by atoms with Crippen molar-refractivity contribution >= 4 is 17.7 Å². The van der Waals surface area contributed by atoms with Gasteiger partial charge in [-0.1, -0.05) is 0 Å². The average Bonchev–Trinajstić information content (AvgIpc) is 2.41. The van der Waals surface area contributed by atoms with E-state index in [1.807, 2.05) is 6.92 Å². The van der Waals surface area contributed by atoms with Gasteiger partial charge in [-0.15, -0.1) is 0 Å². The van der Waals surface area contributed by atoms with Crippen LogP contribution in [0.25, 0.3) is 0 Å². The molecule has 1 unspecified atom stereocenters. The maximum absolute atomic E-state index is 11.8. The van der Waals surface area contributed by atoms with Crippen molar-refractivity contribution in [2.24, 2.45) is 0 Å². The summed E-state index contributed by atoms with van der Waals surface area (Å²) in [6.07, 6.45) is 1.71. The Bertz CT molecular complexity index is 425. The van der Waals surface area contributed by atoms with E-state index < -0.39 is 0 Å². The number of methoxy groups -OCH3 is 1. The zero-order valence-corrected chi connectivity index (χ0v) is 11.8. The number of carbonyl (C=O) groups is 1. The molecule has 0 fully saturated rings. The summed E-state index contributed by atoms with van der Waals surface area (Å²) in [6, 6.07) is -0.379. The number of anilines is 2. The number of nitrogens with one attached hydrogen (secondary N) is 3. The lowest BCUT2D eigenvalue weighted by molar-refractivity contribution is -0.121. The molecule has 1 heterocycles. The minimum Gasteiger partial charge on any atom is -0.383 e. The summed E-state index contributed by atoms with van der Waals surface area (Å²) in [6.45, 7) is 4.65. The molecular weight excluding hydrogens is 246 g/mol. The Labute approximate surface area is 113 Å². The fourth-order valence-corrected chi connectivity index (χ4v) is 1.41. The van der Waals surface area contributed by atoms with E-state index in [2.05, 4.69) is 25.9 Å². The van der Waals surface area contributed by atoms with Crippen LogP contribution in [0.15, 0.2) is 6.20 Å². The van der Waals surface area contributed by atoms with Crippen LogP contribution in [0.5, 0.6) is 0 Å². The highest BCUT2D eigenvalue weighted by atomic mass is 16.5. The molecule has 0 aliphatic rings. The molecule has 106 valence electrons. The van der Waals surface area contributed by atoms with Crippen molar-refractivity contribution in [3.8, 4) is 0 Å². The summed E-state index contributed by atoms with van der Waals surface area (Å²) in [5.41, 5.74) is 0.885. The second kappa shape index (κ2) is 7.52. The number of carbonyl (C=O) groups excluding carboxylic acids is 1. The summed E-state index contributed by atoms with van der Waals surface area (Å²) in [5.74, 6) is 1.06. The highest BCUT2D eigenvalue weighted by molar-refractivity contribution is 5.84. The lowest BCUT2D eigenvalue weighted by Gasteiger charge is -2.16. The summed E-state index contributed by atoms with van der Waals surface area (Å²) < 4.78 is 4.88. The summed E-state index contributed by atoms with van der Waals surface area (Å²) in [4.78, 5) is 20.2. The van der Waals surface area contributed by atoms with Gasteiger partial charge in [-0.25, -0.2) is 4.98 Å². The molecule has 1 amide bonds. The van der Waals surface area contributed by atoms with Crippen molar-refractivity contribution in [3.63, 3.8) is 0 Å². The molecule has 1 rings (SSSR count). The van der Waals surface area contributed by atoms with Crippen molar-refractivity contribution in [1.29, 1.82) is 0 Å². The third kappa shape index (κ3) is 4.70. The van der Waals surface area contributed by atoms with Crippen LogP contribution in [0, 0.1) is 6.92 Å². The Kier molecular flexibility index (Phi) is 6.01. The number of hydrogen-bond acceptors (Lipinski definition) is 6. The van der Waals surface area contributed by atoms with Crippen LogP contribution in [0.3, 0.4) is 0 Å². The Morgan fingerprint density at radius 1 is 1.53 bits per heavy atom. The van der Waals surface area contributed by atoms with Crippen LogP contribution < -0.4 is 16.0 Å². The Morgan fingerprint density at radius 2 is 2.26 bits per heavy atom. The van der Waals surface area contributed by atoms with E-state index in [0.717, 1.165) is 5.56 Å². The van der Waals surface area contributed by atoms with E-state index in [4.69, 9.17) is 4.74 Å². The van der Waals surface area contributed by atoms with Crippen molar-refractivity contribution in [1.82, 2.24) is 15.3 Å². The molecule has 0 bridgehead atoms. The Morgan fingerprint density at radius 3 is 2.89 bits per heavy atom. The summed E-state index contributed by atoms with van der Waals surface area (Å²) in [7, 11) is 3.34. The van der Waals surface area contributed by atoms with Gasteiger partial charge in [-0.2, -0.15) is 4.98 Å². The zero-order chi connectivity index (χ0) is 14.3. The first-order valence-corrected chi connectivity index (χ1v) is 6.13. The second-order valence-corrected chi connectivity index (χ2v) is 4.13. The minimum absolute atomic E-state index is 0.0962. The van der Waals surface area contributed by atoms with E-state index in [9.17, 15) is 4.79 Å². The van der Waals surface area contributed by atoms with Crippen molar-refractivity contribution in [2.75, 3.05) is 37.9 Å². The molecular formula is C12H21N5O2. The van der Waals surface area contributed by atoms with Crippen LogP contribution in [-0.2, 0) is 9.53 Å². The third-order valence-corrected chi connectivity index (χ3v) is 2.55. The average molecular weight is 267 g/mol. The van der Waals surface area contributed by atoms with Gasteiger partial charge >= 0.3 is 0 Å². The van der Waals surface area contributed by atoms with E-state index in [-0.39, 0.29) is 11.9 Å². The van der Waals surface area contributed by atoms with Gasteiger partial charge in [0, 0.05) is 32.5 Å². The fraction of sp³-hybridized carbons (Fsp3) is 0.583. The van der Waals surface area contributed by atoms with Gasteiger partial charge < -0.3 is 20.7 Å². The SMILES string of the molecule is CNc1ncc(C)c(NC(C)C(=O)NCCOC)n1. The Balaban J connectivity index is 2.60. The molecule has 0 aromatic carbocycles. The number of aromatic nitrogens is 2. The molecule has 0 saturated carbocycles. The smallest absolute Gasteiger partial charge is 0.242 e. The molecule has 1 atom stereocenters. The fourth-order valence-electron chi connectivity index (χ4n) is 1.41. The predicted octanol–water partition coefficient (Wildman–Crippen LogP) is 0.390. The Hall–Kier alpha value is -1.89. The molecule has 7 nitrogen and oxygen atoms in total. The molecule has 7 heteroatoms. The largest absolute Gasteiger partial charge is 0.383 e.